The molecule has 5 heteroatoms. The second kappa shape index (κ2) is 7.60. The molecule has 136 valence electrons. The van der Waals surface area contributed by atoms with E-state index < -0.39 is 0 Å². The van der Waals surface area contributed by atoms with E-state index in [2.05, 4.69) is 48.1 Å². The number of fused-ring (bicyclic) bond motifs is 1. The highest BCUT2D eigenvalue weighted by molar-refractivity contribution is 5.87. The Balaban J connectivity index is 2.02. The molecule has 0 fully saturated rings. The highest BCUT2D eigenvalue weighted by Crippen LogP contribution is 2.30. The van der Waals surface area contributed by atoms with Crippen LogP contribution in [0.15, 0.2) is 43.2 Å². The van der Waals surface area contributed by atoms with Gasteiger partial charge in [-0.3, -0.25) is 4.40 Å². The number of imidazole rings is 1. The van der Waals surface area contributed by atoms with Gasteiger partial charge in [-0.1, -0.05) is 51.5 Å². The maximum atomic E-state index is 6.19. The molecule has 3 aromatic rings. The summed E-state index contributed by atoms with van der Waals surface area (Å²) in [5, 5.41) is 3.39. The van der Waals surface area contributed by atoms with E-state index >= 15 is 0 Å². The van der Waals surface area contributed by atoms with Crippen molar-refractivity contribution in [3.63, 3.8) is 0 Å². The number of rotatable bonds is 7. The molecule has 0 saturated heterocycles. The maximum absolute atomic E-state index is 6.19. The quantitative estimate of drug-likeness (QED) is 0.630. The number of nitrogens with one attached hydrogen (secondary N) is 1. The second-order valence-electron chi connectivity index (χ2n) is 6.81. The normalized spacial score (nSPS) is 12.3. The first kappa shape index (κ1) is 18.0. The van der Waals surface area contributed by atoms with Crippen LogP contribution in [0.5, 0.6) is 0 Å². The monoisotopic (exact) mass is 349 g/mol. The van der Waals surface area contributed by atoms with Crippen molar-refractivity contribution in [2.24, 2.45) is 0 Å². The first-order chi connectivity index (χ1) is 12.5. The molecular formula is C21H27N5. The molecule has 2 aromatic heterocycles. The Morgan fingerprint density at radius 1 is 1.35 bits per heavy atom. The second-order valence-corrected chi connectivity index (χ2v) is 6.81. The van der Waals surface area contributed by atoms with Crippen molar-refractivity contribution in [1.29, 1.82) is 0 Å². The predicted octanol–water partition coefficient (Wildman–Crippen LogP) is 5.00. The topological polar surface area (TPSA) is 68.2 Å². The van der Waals surface area contributed by atoms with Crippen LogP contribution in [0.25, 0.3) is 11.2 Å². The number of nitrogens with two attached hydrogens (primary N) is 1. The zero-order valence-corrected chi connectivity index (χ0v) is 15.8. The SMILES string of the molecule is C=C(Nc1ccccc1C)c1nc(C(C)CCCC)n2ccnc(N)c12. The van der Waals surface area contributed by atoms with Crippen LogP contribution in [0.4, 0.5) is 11.5 Å². The molecule has 0 aliphatic heterocycles. The Morgan fingerprint density at radius 2 is 2.12 bits per heavy atom. The van der Waals surface area contributed by atoms with Gasteiger partial charge in [0.15, 0.2) is 0 Å². The fourth-order valence-corrected chi connectivity index (χ4v) is 3.22. The zero-order valence-electron chi connectivity index (χ0n) is 15.8. The Morgan fingerprint density at radius 3 is 2.85 bits per heavy atom. The van der Waals surface area contributed by atoms with E-state index in [1.165, 1.54) is 12.8 Å². The molecule has 26 heavy (non-hydrogen) atoms. The number of para-hydroxylation sites is 1. The Bertz CT molecular complexity index is 925. The number of hydrogen-bond donors (Lipinski definition) is 2. The van der Waals surface area contributed by atoms with Crippen LogP contribution in [-0.2, 0) is 0 Å². The lowest BCUT2D eigenvalue weighted by molar-refractivity contribution is 0.593. The molecule has 3 rings (SSSR count). The maximum Gasteiger partial charge on any atom is 0.150 e. The van der Waals surface area contributed by atoms with Gasteiger partial charge in [-0.25, -0.2) is 9.97 Å². The summed E-state index contributed by atoms with van der Waals surface area (Å²) in [6.07, 6.45) is 7.09. The lowest BCUT2D eigenvalue weighted by atomic mass is 10.0. The van der Waals surface area contributed by atoms with E-state index in [4.69, 9.17) is 10.7 Å². The van der Waals surface area contributed by atoms with E-state index in [0.717, 1.165) is 40.4 Å². The van der Waals surface area contributed by atoms with Crippen LogP contribution in [0.2, 0.25) is 0 Å². The summed E-state index contributed by atoms with van der Waals surface area (Å²) in [6.45, 7) is 10.7. The molecule has 2 heterocycles. The summed E-state index contributed by atoms with van der Waals surface area (Å²) in [5.74, 6) is 1.81. The van der Waals surface area contributed by atoms with Gasteiger partial charge in [-0.15, -0.1) is 0 Å². The number of hydrogen-bond acceptors (Lipinski definition) is 4. The Labute approximate surface area is 155 Å². The van der Waals surface area contributed by atoms with Gasteiger partial charge in [0, 0.05) is 24.0 Å². The summed E-state index contributed by atoms with van der Waals surface area (Å²) in [7, 11) is 0. The van der Waals surface area contributed by atoms with Crippen LogP contribution in [0.1, 0.15) is 56.1 Å². The average molecular weight is 349 g/mol. The van der Waals surface area contributed by atoms with Crippen molar-refractivity contribution in [3.05, 3.63) is 60.3 Å². The van der Waals surface area contributed by atoms with Gasteiger partial charge >= 0.3 is 0 Å². The lowest BCUT2D eigenvalue weighted by Gasteiger charge is -2.11. The van der Waals surface area contributed by atoms with Crippen LogP contribution in [-0.4, -0.2) is 14.4 Å². The third kappa shape index (κ3) is 3.43. The van der Waals surface area contributed by atoms with Crippen molar-refractivity contribution in [3.8, 4) is 0 Å². The van der Waals surface area contributed by atoms with Crippen LogP contribution >= 0.6 is 0 Å². The van der Waals surface area contributed by atoms with Crippen LogP contribution in [0.3, 0.4) is 0 Å². The van der Waals surface area contributed by atoms with Crippen molar-refractivity contribution in [2.75, 3.05) is 11.1 Å². The smallest absolute Gasteiger partial charge is 0.150 e. The predicted molar refractivity (Wildman–Crippen MR) is 109 cm³/mol. The molecule has 0 bridgehead atoms. The van der Waals surface area contributed by atoms with Gasteiger partial charge in [0.2, 0.25) is 0 Å². The van der Waals surface area contributed by atoms with Gasteiger partial charge < -0.3 is 11.1 Å². The van der Waals surface area contributed by atoms with Gasteiger partial charge in [-0.05, 0) is 25.0 Å². The minimum absolute atomic E-state index is 0.337. The van der Waals surface area contributed by atoms with Crippen molar-refractivity contribution in [1.82, 2.24) is 14.4 Å². The molecule has 1 atom stereocenters. The number of nitrogen functional groups attached to an aromatic ring is 1. The third-order valence-corrected chi connectivity index (χ3v) is 4.76. The average Bonchev–Trinajstić information content (AvgIpc) is 3.03. The number of anilines is 2. The van der Waals surface area contributed by atoms with E-state index in [-0.39, 0.29) is 0 Å². The molecule has 1 unspecified atom stereocenters. The minimum atomic E-state index is 0.337. The molecular weight excluding hydrogens is 322 g/mol. The Kier molecular flexibility index (Phi) is 5.26. The van der Waals surface area contributed by atoms with E-state index in [1.807, 2.05) is 24.4 Å². The number of nitrogens with zero attached hydrogens (tertiary/aromatic N) is 3. The number of aromatic nitrogens is 3. The van der Waals surface area contributed by atoms with Gasteiger partial charge in [0.25, 0.3) is 0 Å². The fourth-order valence-electron chi connectivity index (χ4n) is 3.22. The zero-order chi connectivity index (χ0) is 18.7. The van der Waals surface area contributed by atoms with Crippen molar-refractivity contribution in [2.45, 2.75) is 46.0 Å². The molecule has 1 aromatic carbocycles. The largest absolute Gasteiger partial charge is 0.382 e. The molecule has 0 aliphatic rings. The summed E-state index contributed by atoms with van der Waals surface area (Å²) in [4.78, 5) is 9.17. The summed E-state index contributed by atoms with van der Waals surface area (Å²) < 4.78 is 2.06. The van der Waals surface area contributed by atoms with E-state index in [1.54, 1.807) is 6.20 Å². The van der Waals surface area contributed by atoms with Crippen LogP contribution in [0, 0.1) is 6.92 Å². The number of unbranched alkanes of at least 4 members (excludes halogenated alkanes) is 1. The summed E-state index contributed by atoms with van der Waals surface area (Å²) in [5.41, 5.74) is 10.7. The molecule has 5 nitrogen and oxygen atoms in total. The van der Waals surface area contributed by atoms with Gasteiger partial charge in [-0.2, -0.15) is 0 Å². The molecule has 0 saturated carbocycles. The first-order valence-electron chi connectivity index (χ1n) is 9.17. The number of benzene rings is 1. The molecule has 0 aliphatic carbocycles. The third-order valence-electron chi connectivity index (χ3n) is 4.76. The van der Waals surface area contributed by atoms with E-state index in [0.29, 0.717) is 11.7 Å². The molecule has 0 spiro atoms. The molecule has 0 radical (unpaired) electrons. The first-order valence-corrected chi connectivity index (χ1v) is 9.17. The lowest BCUT2D eigenvalue weighted by Crippen LogP contribution is -2.02. The molecule has 3 N–H and O–H groups in total. The standard InChI is InChI=1S/C21H27N5/c1-5-6-9-15(3)21-25-18(19-20(22)23-12-13-26(19)21)16(4)24-17-11-8-7-10-14(17)2/h7-8,10-13,15,24H,4-6,9H2,1-3H3,(H2,22,23). The highest BCUT2D eigenvalue weighted by atomic mass is 15.1. The van der Waals surface area contributed by atoms with Crippen molar-refractivity contribution >= 4 is 22.7 Å². The summed E-state index contributed by atoms with van der Waals surface area (Å²) in [6, 6.07) is 8.12. The van der Waals surface area contributed by atoms with Gasteiger partial charge in [0.05, 0.1) is 5.70 Å². The fraction of sp³-hybridized carbons (Fsp3) is 0.333. The summed E-state index contributed by atoms with van der Waals surface area (Å²) >= 11 is 0. The van der Waals surface area contributed by atoms with Crippen LogP contribution < -0.4 is 11.1 Å². The van der Waals surface area contributed by atoms with Crippen molar-refractivity contribution < 1.29 is 0 Å². The Hall–Kier alpha value is -2.82. The van der Waals surface area contributed by atoms with E-state index in [9.17, 15) is 0 Å². The highest BCUT2D eigenvalue weighted by Gasteiger charge is 2.20. The molecule has 0 amide bonds. The number of aryl methyl sites for hydroxylation is 1. The minimum Gasteiger partial charge on any atom is -0.382 e. The van der Waals surface area contributed by atoms with Gasteiger partial charge in [0.1, 0.15) is 22.9 Å².